The second-order valence-electron chi connectivity index (χ2n) is 5.49. The van der Waals surface area contributed by atoms with E-state index in [1.807, 2.05) is 0 Å². The van der Waals surface area contributed by atoms with E-state index in [0.717, 1.165) is 18.9 Å². The Balaban J connectivity index is 2.17. The highest BCUT2D eigenvalue weighted by Gasteiger charge is 2.34. The molecule has 8 heteroatoms. The molecule has 0 aliphatic heterocycles. The van der Waals surface area contributed by atoms with Crippen molar-refractivity contribution in [1.29, 1.82) is 0 Å². The lowest BCUT2D eigenvalue weighted by atomic mass is 9.97. The number of hydrogen-bond donors (Lipinski definition) is 3. The van der Waals surface area contributed by atoms with Crippen LogP contribution >= 0.6 is 0 Å². The Morgan fingerprint density at radius 1 is 1.35 bits per heavy atom. The van der Waals surface area contributed by atoms with Gasteiger partial charge in [-0.05, 0) is 38.0 Å². The van der Waals surface area contributed by atoms with E-state index in [2.05, 4.69) is 4.72 Å². The second kappa shape index (κ2) is 7.18. The number of aliphatic hydroxyl groups excluding tert-OH is 1. The highest BCUT2D eigenvalue weighted by molar-refractivity contribution is 7.93. The fraction of sp³-hybridized carbons (Fsp3) is 0.533. The van der Waals surface area contributed by atoms with Crippen LogP contribution in [0.3, 0.4) is 0 Å². The minimum absolute atomic E-state index is 0.0316. The summed E-state index contributed by atoms with van der Waals surface area (Å²) in [4.78, 5) is 11.6. The molecule has 0 saturated heterocycles. The van der Waals surface area contributed by atoms with Gasteiger partial charge >= 0.3 is 5.97 Å². The molecule has 3 N–H and O–H groups in total. The summed E-state index contributed by atoms with van der Waals surface area (Å²) in [6, 6.07) is 3.81. The zero-order valence-corrected chi connectivity index (χ0v) is 13.7. The fourth-order valence-corrected chi connectivity index (χ4v) is 4.28. The van der Waals surface area contributed by atoms with Crippen LogP contribution < -0.4 is 4.72 Å². The maximum Gasteiger partial charge on any atom is 0.338 e. The van der Waals surface area contributed by atoms with E-state index < -0.39 is 27.3 Å². The average molecular weight is 343 g/mol. The van der Waals surface area contributed by atoms with Crippen molar-refractivity contribution in [1.82, 2.24) is 0 Å². The monoisotopic (exact) mass is 343 g/mol. The number of phenols is 1. The third-order valence-electron chi connectivity index (χ3n) is 3.83. The smallest absolute Gasteiger partial charge is 0.338 e. The first-order valence-corrected chi connectivity index (χ1v) is 9.09. The van der Waals surface area contributed by atoms with E-state index in [4.69, 9.17) is 4.74 Å². The van der Waals surface area contributed by atoms with Gasteiger partial charge in [-0.25, -0.2) is 13.2 Å². The number of benzene rings is 1. The van der Waals surface area contributed by atoms with Crippen molar-refractivity contribution < 1.29 is 28.2 Å². The molecule has 2 rings (SSSR count). The Morgan fingerprint density at radius 2 is 2.04 bits per heavy atom. The van der Waals surface area contributed by atoms with Crippen molar-refractivity contribution in [3.63, 3.8) is 0 Å². The quantitative estimate of drug-likeness (QED) is 0.553. The van der Waals surface area contributed by atoms with Gasteiger partial charge < -0.3 is 14.9 Å². The molecule has 0 aromatic heterocycles. The van der Waals surface area contributed by atoms with Crippen molar-refractivity contribution in [3.05, 3.63) is 23.8 Å². The molecular weight excluding hydrogens is 322 g/mol. The lowest BCUT2D eigenvalue weighted by Crippen LogP contribution is -2.40. The highest BCUT2D eigenvalue weighted by Crippen LogP contribution is 2.30. The highest BCUT2D eigenvalue weighted by atomic mass is 32.2. The van der Waals surface area contributed by atoms with Crippen molar-refractivity contribution in [3.8, 4) is 5.75 Å². The van der Waals surface area contributed by atoms with E-state index >= 15 is 0 Å². The number of aromatic hydroxyl groups is 1. The molecule has 0 bridgehead atoms. The van der Waals surface area contributed by atoms with Crippen molar-refractivity contribution in [2.45, 2.75) is 44.0 Å². The molecule has 1 aromatic carbocycles. The maximum absolute atomic E-state index is 12.4. The number of ether oxygens (including phenoxy) is 1. The summed E-state index contributed by atoms with van der Waals surface area (Å²) in [6.07, 6.45) is 1.43. The Kier molecular flexibility index (Phi) is 5.48. The molecule has 1 aromatic rings. The predicted octanol–water partition coefficient (Wildman–Crippen LogP) is 1.61. The van der Waals surface area contributed by atoms with Gasteiger partial charge in [-0.15, -0.1) is 0 Å². The summed E-state index contributed by atoms with van der Waals surface area (Å²) < 4.78 is 31.8. The lowest BCUT2D eigenvalue weighted by Gasteiger charge is -2.27. The molecule has 2 unspecified atom stereocenters. The molecule has 1 saturated carbocycles. The van der Waals surface area contributed by atoms with Gasteiger partial charge in [0.25, 0.3) is 0 Å². The number of rotatable bonds is 5. The van der Waals surface area contributed by atoms with E-state index in [1.54, 1.807) is 6.92 Å². The van der Waals surface area contributed by atoms with Crippen molar-refractivity contribution in [2.75, 3.05) is 11.3 Å². The first kappa shape index (κ1) is 17.6. The number of phenolic OH excluding ortho intramolecular Hbond substituents is 1. The number of carbonyl (C=O) groups is 1. The number of anilines is 1. The summed E-state index contributed by atoms with van der Waals surface area (Å²) in [5.41, 5.74) is 0.0980. The van der Waals surface area contributed by atoms with Gasteiger partial charge in [0, 0.05) is 0 Å². The van der Waals surface area contributed by atoms with E-state index in [-0.39, 0.29) is 23.6 Å². The Hall–Kier alpha value is -1.80. The van der Waals surface area contributed by atoms with Gasteiger partial charge in [0.2, 0.25) is 10.0 Å². The predicted molar refractivity (Wildman–Crippen MR) is 84.9 cm³/mol. The number of nitrogens with one attached hydrogen (secondary N) is 1. The summed E-state index contributed by atoms with van der Waals surface area (Å²) in [5.74, 6) is -0.968. The van der Waals surface area contributed by atoms with Crippen LogP contribution in [0.15, 0.2) is 18.2 Å². The van der Waals surface area contributed by atoms with Gasteiger partial charge in [-0.2, -0.15) is 0 Å². The number of esters is 1. The number of sulfonamides is 1. The molecular formula is C15H21NO6S. The SMILES string of the molecule is CCOC(=O)c1ccc(NS(=O)(=O)C2CCCCC2O)c(O)c1. The van der Waals surface area contributed by atoms with Crippen LogP contribution in [-0.2, 0) is 14.8 Å². The maximum atomic E-state index is 12.4. The first-order chi connectivity index (χ1) is 10.8. The van der Waals surface area contributed by atoms with Crippen LogP contribution in [0.1, 0.15) is 43.0 Å². The second-order valence-corrected chi connectivity index (χ2v) is 7.39. The third-order valence-corrected chi connectivity index (χ3v) is 5.68. The van der Waals surface area contributed by atoms with E-state index in [1.165, 1.54) is 12.1 Å². The van der Waals surface area contributed by atoms with E-state index in [9.17, 15) is 23.4 Å². The fourth-order valence-electron chi connectivity index (χ4n) is 2.63. The van der Waals surface area contributed by atoms with Crippen LogP contribution in [-0.4, -0.2) is 42.6 Å². The molecule has 7 nitrogen and oxygen atoms in total. The standard InChI is InChI=1S/C15H21NO6S/c1-2-22-15(19)10-7-8-11(13(18)9-10)16-23(20,21)14-6-4-3-5-12(14)17/h7-9,12,14,16-18H,2-6H2,1H3. The summed E-state index contributed by atoms with van der Waals surface area (Å²) in [5, 5.41) is 18.9. The molecule has 1 aliphatic rings. The molecule has 0 amide bonds. The van der Waals surface area contributed by atoms with Crippen LogP contribution in [0.25, 0.3) is 0 Å². The van der Waals surface area contributed by atoms with Crippen LogP contribution in [0, 0.1) is 0 Å². The minimum Gasteiger partial charge on any atom is -0.506 e. The summed E-state index contributed by atoms with van der Waals surface area (Å²) in [7, 11) is -3.83. The van der Waals surface area contributed by atoms with Crippen molar-refractivity contribution >= 4 is 21.7 Å². The molecule has 0 heterocycles. The molecule has 1 fully saturated rings. The topological polar surface area (TPSA) is 113 Å². The Bertz CT molecular complexity index is 673. The van der Waals surface area contributed by atoms with Gasteiger partial charge in [0.05, 0.1) is 24.0 Å². The Labute approximate surface area is 135 Å². The van der Waals surface area contributed by atoms with Crippen LogP contribution in [0.5, 0.6) is 5.75 Å². The molecule has 1 aliphatic carbocycles. The zero-order valence-electron chi connectivity index (χ0n) is 12.9. The zero-order chi connectivity index (χ0) is 17.0. The minimum atomic E-state index is -3.83. The first-order valence-electron chi connectivity index (χ1n) is 7.55. The van der Waals surface area contributed by atoms with Crippen LogP contribution in [0.2, 0.25) is 0 Å². The molecule has 0 radical (unpaired) electrons. The van der Waals surface area contributed by atoms with Gasteiger partial charge in [-0.3, -0.25) is 4.72 Å². The number of aliphatic hydroxyl groups is 1. The average Bonchev–Trinajstić information content (AvgIpc) is 2.49. The molecule has 128 valence electrons. The van der Waals surface area contributed by atoms with E-state index in [0.29, 0.717) is 12.8 Å². The molecule has 2 atom stereocenters. The van der Waals surface area contributed by atoms with Crippen LogP contribution in [0.4, 0.5) is 5.69 Å². The summed E-state index contributed by atoms with van der Waals surface area (Å²) in [6.45, 7) is 1.86. The number of hydrogen-bond acceptors (Lipinski definition) is 6. The van der Waals surface area contributed by atoms with Gasteiger partial charge in [0.1, 0.15) is 11.0 Å². The molecule has 23 heavy (non-hydrogen) atoms. The largest absolute Gasteiger partial charge is 0.506 e. The lowest BCUT2D eigenvalue weighted by molar-refractivity contribution is 0.0526. The van der Waals surface area contributed by atoms with Crippen molar-refractivity contribution in [2.24, 2.45) is 0 Å². The normalized spacial score (nSPS) is 21.7. The molecule has 0 spiro atoms. The van der Waals surface area contributed by atoms with Gasteiger partial charge in [0.15, 0.2) is 0 Å². The Morgan fingerprint density at radius 3 is 2.65 bits per heavy atom. The summed E-state index contributed by atoms with van der Waals surface area (Å²) >= 11 is 0. The van der Waals surface area contributed by atoms with Gasteiger partial charge in [-0.1, -0.05) is 12.8 Å². The number of carbonyl (C=O) groups excluding carboxylic acids is 1. The third kappa shape index (κ3) is 4.14.